The van der Waals surface area contributed by atoms with Crippen molar-refractivity contribution in [3.8, 4) is 5.75 Å². The molecule has 0 aliphatic carbocycles. The van der Waals surface area contributed by atoms with Gasteiger partial charge in [-0.3, -0.25) is 9.59 Å². The number of sulfonamides is 1. The summed E-state index contributed by atoms with van der Waals surface area (Å²) in [6.45, 7) is 3.21. The predicted octanol–water partition coefficient (Wildman–Crippen LogP) is 2.47. The summed E-state index contributed by atoms with van der Waals surface area (Å²) in [5.41, 5.74) is 0.206. The van der Waals surface area contributed by atoms with Gasteiger partial charge in [0.1, 0.15) is 11.8 Å². The SMILES string of the molecule is CCCS(=O)(=O)NC1CCN(C(=O)C2CCCN2C(=O)c2ccc3ccccc3c2O)CC1. The third kappa shape index (κ3) is 4.99. The third-order valence-corrected chi connectivity index (χ3v) is 8.19. The molecule has 2 fully saturated rings. The Morgan fingerprint density at radius 2 is 1.79 bits per heavy atom. The van der Waals surface area contributed by atoms with Gasteiger partial charge in [0.15, 0.2) is 0 Å². The molecule has 8 nitrogen and oxygen atoms in total. The molecule has 0 radical (unpaired) electrons. The molecule has 2 saturated heterocycles. The van der Waals surface area contributed by atoms with Crippen molar-refractivity contribution in [1.29, 1.82) is 0 Å². The molecular weight excluding hydrogens is 442 g/mol. The number of hydrogen-bond acceptors (Lipinski definition) is 5. The minimum absolute atomic E-state index is 0.0589. The first-order chi connectivity index (χ1) is 15.8. The molecular formula is C24H31N3O5S. The van der Waals surface area contributed by atoms with Crippen LogP contribution >= 0.6 is 0 Å². The zero-order valence-electron chi connectivity index (χ0n) is 18.9. The lowest BCUT2D eigenvalue weighted by atomic mass is 10.0. The van der Waals surface area contributed by atoms with E-state index in [0.717, 1.165) is 11.8 Å². The van der Waals surface area contributed by atoms with E-state index in [0.29, 0.717) is 50.7 Å². The molecule has 0 bridgehead atoms. The Morgan fingerprint density at radius 3 is 2.52 bits per heavy atom. The average Bonchev–Trinajstić information content (AvgIpc) is 3.29. The number of benzene rings is 2. The van der Waals surface area contributed by atoms with Crippen LogP contribution in [-0.2, 0) is 14.8 Å². The predicted molar refractivity (Wildman–Crippen MR) is 126 cm³/mol. The van der Waals surface area contributed by atoms with E-state index in [1.165, 1.54) is 0 Å². The molecule has 1 atom stereocenters. The maximum absolute atomic E-state index is 13.3. The number of piperidine rings is 1. The zero-order chi connectivity index (χ0) is 23.6. The first kappa shape index (κ1) is 23.5. The van der Waals surface area contributed by atoms with Crippen molar-refractivity contribution in [3.63, 3.8) is 0 Å². The van der Waals surface area contributed by atoms with Crippen LogP contribution in [0.4, 0.5) is 0 Å². The number of fused-ring (bicyclic) bond motifs is 1. The number of aromatic hydroxyl groups is 1. The Balaban J connectivity index is 1.43. The molecule has 2 heterocycles. The summed E-state index contributed by atoms with van der Waals surface area (Å²) in [4.78, 5) is 29.9. The van der Waals surface area contributed by atoms with Crippen molar-refractivity contribution in [2.75, 3.05) is 25.4 Å². The number of phenols is 1. The van der Waals surface area contributed by atoms with Gasteiger partial charge in [0.25, 0.3) is 5.91 Å². The van der Waals surface area contributed by atoms with Crippen LogP contribution in [0, 0.1) is 0 Å². The molecule has 0 saturated carbocycles. The summed E-state index contributed by atoms with van der Waals surface area (Å²) < 4.78 is 26.8. The van der Waals surface area contributed by atoms with E-state index in [4.69, 9.17) is 0 Å². The topological polar surface area (TPSA) is 107 Å². The lowest BCUT2D eigenvalue weighted by molar-refractivity contribution is -0.136. The van der Waals surface area contributed by atoms with E-state index in [-0.39, 0.29) is 34.9 Å². The fourth-order valence-corrected chi connectivity index (χ4v) is 6.26. The number of rotatable bonds is 6. The van der Waals surface area contributed by atoms with Gasteiger partial charge in [0.2, 0.25) is 15.9 Å². The van der Waals surface area contributed by atoms with Gasteiger partial charge in [-0.1, -0.05) is 37.3 Å². The number of hydrogen-bond donors (Lipinski definition) is 2. The minimum atomic E-state index is -3.29. The third-order valence-electron chi connectivity index (χ3n) is 6.56. The first-order valence-corrected chi connectivity index (χ1v) is 13.3. The number of phenolic OH excluding ortho intramolecular Hbond substituents is 1. The number of carbonyl (C=O) groups is 2. The summed E-state index contributed by atoms with van der Waals surface area (Å²) in [5, 5.41) is 12.2. The second-order valence-electron chi connectivity index (χ2n) is 8.88. The summed E-state index contributed by atoms with van der Waals surface area (Å²) in [7, 11) is -3.29. The normalized spacial score (nSPS) is 19.8. The van der Waals surface area contributed by atoms with Crippen molar-refractivity contribution in [2.45, 2.75) is 51.1 Å². The largest absolute Gasteiger partial charge is 0.506 e. The summed E-state index contributed by atoms with van der Waals surface area (Å²) in [6, 6.07) is 10.0. The van der Waals surface area contributed by atoms with Crippen LogP contribution in [0.1, 0.15) is 49.4 Å². The molecule has 2 N–H and O–H groups in total. The summed E-state index contributed by atoms with van der Waals surface area (Å²) >= 11 is 0. The van der Waals surface area contributed by atoms with Gasteiger partial charge in [0, 0.05) is 31.1 Å². The molecule has 33 heavy (non-hydrogen) atoms. The van der Waals surface area contributed by atoms with Crippen LogP contribution in [0.5, 0.6) is 5.75 Å². The standard InChI is InChI=1S/C24H31N3O5S/c1-2-16-33(31,32)25-18-11-14-26(15-12-18)24(30)21-8-5-13-27(21)23(29)20-10-9-17-6-3-4-7-19(17)22(20)28/h3-4,6-7,9-10,18,21,25,28H,2,5,8,11-16H2,1H3. The lowest BCUT2D eigenvalue weighted by Gasteiger charge is -2.35. The molecule has 2 aromatic carbocycles. The van der Waals surface area contributed by atoms with Crippen LogP contribution in [0.15, 0.2) is 36.4 Å². The lowest BCUT2D eigenvalue weighted by Crippen LogP contribution is -2.52. The van der Waals surface area contributed by atoms with Gasteiger partial charge in [-0.05, 0) is 43.6 Å². The number of nitrogens with zero attached hydrogens (tertiary/aromatic N) is 2. The molecule has 178 valence electrons. The van der Waals surface area contributed by atoms with Crippen LogP contribution in [0.3, 0.4) is 0 Å². The maximum atomic E-state index is 13.3. The number of carbonyl (C=O) groups excluding carboxylic acids is 2. The molecule has 2 amide bonds. The Hall–Kier alpha value is -2.65. The molecule has 2 aromatic rings. The van der Waals surface area contributed by atoms with Gasteiger partial charge >= 0.3 is 0 Å². The number of nitrogens with one attached hydrogen (secondary N) is 1. The zero-order valence-corrected chi connectivity index (χ0v) is 19.7. The Labute approximate surface area is 194 Å². The van der Waals surface area contributed by atoms with E-state index >= 15 is 0 Å². The Morgan fingerprint density at radius 1 is 1.06 bits per heavy atom. The van der Waals surface area contributed by atoms with Crippen LogP contribution < -0.4 is 4.72 Å². The van der Waals surface area contributed by atoms with Gasteiger partial charge in [-0.2, -0.15) is 0 Å². The fraction of sp³-hybridized carbons (Fsp3) is 0.500. The van der Waals surface area contributed by atoms with E-state index in [1.54, 1.807) is 28.0 Å². The van der Waals surface area contributed by atoms with E-state index in [1.807, 2.05) is 25.1 Å². The molecule has 9 heteroatoms. The Bertz CT molecular complexity index is 1140. The van der Waals surface area contributed by atoms with Gasteiger partial charge in [-0.25, -0.2) is 13.1 Å². The van der Waals surface area contributed by atoms with Crippen LogP contribution in [0.25, 0.3) is 10.8 Å². The van der Waals surface area contributed by atoms with Gasteiger partial charge in [-0.15, -0.1) is 0 Å². The maximum Gasteiger partial charge on any atom is 0.258 e. The second-order valence-corrected chi connectivity index (χ2v) is 10.7. The highest BCUT2D eigenvalue weighted by Gasteiger charge is 2.38. The molecule has 4 rings (SSSR count). The molecule has 0 aromatic heterocycles. The van der Waals surface area contributed by atoms with Crippen molar-refractivity contribution in [2.24, 2.45) is 0 Å². The van der Waals surface area contributed by atoms with E-state index in [2.05, 4.69) is 4.72 Å². The summed E-state index contributed by atoms with van der Waals surface area (Å²) in [6.07, 6.45) is 2.98. The van der Waals surface area contributed by atoms with Gasteiger partial charge in [0.05, 0.1) is 11.3 Å². The van der Waals surface area contributed by atoms with Crippen LogP contribution in [0.2, 0.25) is 0 Å². The van der Waals surface area contributed by atoms with Crippen molar-refractivity contribution >= 4 is 32.6 Å². The van der Waals surface area contributed by atoms with E-state index in [9.17, 15) is 23.1 Å². The highest BCUT2D eigenvalue weighted by molar-refractivity contribution is 7.89. The van der Waals surface area contributed by atoms with Crippen molar-refractivity contribution < 1.29 is 23.1 Å². The van der Waals surface area contributed by atoms with Gasteiger partial charge < -0.3 is 14.9 Å². The number of amides is 2. The molecule has 0 spiro atoms. The smallest absolute Gasteiger partial charge is 0.258 e. The monoisotopic (exact) mass is 473 g/mol. The molecule has 2 aliphatic rings. The summed E-state index contributed by atoms with van der Waals surface area (Å²) in [5.74, 6) is -0.393. The average molecular weight is 474 g/mol. The fourth-order valence-electron chi connectivity index (χ4n) is 4.86. The van der Waals surface area contributed by atoms with E-state index < -0.39 is 16.1 Å². The highest BCUT2D eigenvalue weighted by atomic mass is 32.2. The molecule has 2 aliphatic heterocycles. The quantitative estimate of drug-likeness (QED) is 0.670. The number of likely N-dealkylation sites (tertiary alicyclic amines) is 2. The minimum Gasteiger partial charge on any atom is -0.506 e. The Kier molecular flexibility index (Phi) is 6.90. The van der Waals surface area contributed by atoms with Crippen LogP contribution in [-0.4, -0.2) is 72.6 Å². The molecule has 1 unspecified atom stereocenters. The van der Waals surface area contributed by atoms with Crippen molar-refractivity contribution in [1.82, 2.24) is 14.5 Å². The van der Waals surface area contributed by atoms with Crippen molar-refractivity contribution in [3.05, 3.63) is 42.0 Å². The second kappa shape index (κ2) is 9.69. The highest BCUT2D eigenvalue weighted by Crippen LogP contribution is 2.32. The first-order valence-electron chi connectivity index (χ1n) is 11.6.